The summed E-state index contributed by atoms with van der Waals surface area (Å²) in [6.45, 7) is 4.86. The Morgan fingerprint density at radius 1 is 1.47 bits per heavy atom. The van der Waals surface area contributed by atoms with Crippen molar-refractivity contribution >= 4 is 0 Å². The summed E-state index contributed by atoms with van der Waals surface area (Å²) in [5, 5.41) is 3.95. The van der Waals surface area contributed by atoms with E-state index in [1.807, 2.05) is 6.92 Å². The van der Waals surface area contributed by atoms with Crippen molar-refractivity contribution in [3.8, 4) is 0 Å². The monoisotopic (exact) mass is 260 g/mol. The maximum atomic E-state index is 6.19. The third kappa shape index (κ3) is 2.30. The first-order valence-corrected chi connectivity index (χ1v) is 6.89. The van der Waals surface area contributed by atoms with E-state index in [1.165, 1.54) is 23.4 Å². The van der Waals surface area contributed by atoms with Gasteiger partial charge in [-0.1, -0.05) is 5.16 Å². The standard InChI is InChI=1S/C14H20N4O/c1-9-8-11-12(15)4-3-5-13(11)18(9)7-6-14-16-10(2)19-17-14/h8,12H,3-7,15H2,1-2H3. The maximum absolute atomic E-state index is 6.19. The van der Waals surface area contributed by atoms with Crippen LogP contribution in [0, 0.1) is 13.8 Å². The van der Waals surface area contributed by atoms with Gasteiger partial charge >= 0.3 is 0 Å². The van der Waals surface area contributed by atoms with Gasteiger partial charge in [-0.15, -0.1) is 0 Å². The van der Waals surface area contributed by atoms with Gasteiger partial charge in [-0.2, -0.15) is 4.98 Å². The smallest absolute Gasteiger partial charge is 0.223 e. The number of aryl methyl sites for hydroxylation is 3. The van der Waals surface area contributed by atoms with Crippen LogP contribution in [0.1, 0.15) is 47.5 Å². The van der Waals surface area contributed by atoms with Gasteiger partial charge in [-0.25, -0.2) is 0 Å². The average molecular weight is 260 g/mol. The Balaban J connectivity index is 1.81. The van der Waals surface area contributed by atoms with Crippen LogP contribution in [0.5, 0.6) is 0 Å². The quantitative estimate of drug-likeness (QED) is 0.917. The van der Waals surface area contributed by atoms with E-state index in [1.54, 1.807) is 0 Å². The summed E-state index contributed by atoms with van der Waals surface area (Å²) < 4.78 is 7.37. The fourth-order valence-electron chi connectivity index (χ4n) is 2.97. The molecule has 0 bridgehead atoms. The van der Waals surface area contributed by atoms with Gasteiger partial charge in [0, 0.05) is 37.3 Å². The fourth-order valence-corrected chi connectivity index (χ4v) is 2.97. The van der Waals surface area contributed by atoms with Gasteiger partial charge < -0.3 is 14.8 Å². The van der Waals surface area contributed by atoms with E-state index in [2.05, 4.69) is 27.7 Å². The van der Waals surface area contributed by atoms with Crippen molar-refractivity contribution in [2.75, 3.05) is 0 Å². The Bertz CT molecular complexity index is 584. The Morgan fingerprint density at radius 3 is 3.05 bits per heavy atom. The lowest BCUT2D eigenvalue weighted by Crippen LogP contribution is -2.18. The van der Waals surface area contributed by atoms with Gasteiger partial charge in [-0.3, -0.25) is 0 Å². The van der Waals surface area contributed by atoms with Crippen molar-refractivity contribution < 1.29 is 4.52 Å². The van der Waals surface area contributed by atoms with Crippen LogP contribution in [0.15, 0.2) is 10.6 Å². The van der Waals surface area contributed by atoms with Crippen LogP contribution in [0.2, 0.25) is 0 Å². The lowest BCUT2D eigenvalue weighted by atomic mass is 9.93. The summed E-state index contributed by atoms with van der Waals surface area (Å²) in [7, 11) is 0. The zero-order valence-electron chi connectivity index (χ0n) is 11.5. The number of nitrogens with two attached hydrogens (primary N) is 1. The molecule has 5 heteroatoms. The number of nitrogens with zero attached hydrogens (tertiary/aromatic N) is 3. The first-order valence-electron chi connectivity index (χ1n) is 6.89. The Morgan fingerprint density at radius 2 is 2.32 bits per heavy atom. The van der Waals surface area contributed by atoms with Gasteiger partial charge in [-0.05, 0) is 37.8 Å². The van der Waals surface area contributed by atoms with Crippen molar-refractivity contribution in [2.45, 2.75) is 52.1 Å². The van der Waals surface area contributed by atoms with Crippen LogP contribution in [-0.4, -0.2) is 14.7 Å². The summed E-state index contributed by atoms with van der Waals surface area (Å²) in [6.07, 6.45) is 4.20. The molecule has 2 N–H and O–H groups in total. The molecule has 0 aromatic carbocycles. The minimum atomic E-state index is 0.205. The van der Waals surface area contributed by atoms with E-state index < -0.39 is 0 Å². The summed E-state index contributed by atoms with van der Waals surface area (Å²) in [5.41, 5.74) is 10.2. The second-order valence-corrected chi connectivity index (χ2v) is 5.32. The molecule has 2 heterocycles. The van der Waals surface area contributed by atoms with Crippen LogP contribution in [0.25, 0.3) is 0 Å². The molecule has 1 unspecified atom stereocenters. The van der Waals surface area contributed by atoms with Crippen molar-refractivity contribution in [3.63, 3.8) is 0 Å². The molecule has 1 atom stereocenters. The molecule has 0 fully saturated rings. The molecule has 2 aromatic heterocycles. The second kappa shape index (κ2) is 4.81. The molecule has 1 aliphatic rings. The van der Waals surface area contributed by atoms with E-state index in [0.717, 1.165) is 31.6 Å². The minimum absolute atomic E-state index is 0.205. The summed E-state index contributed by atoms with van der Waals surface area (Å²) >= 11 is 0. The van der Waals surface area contributed by atoms with E-state index in [0.29, 0.717) is 5.89 Å². The Labute approximate surface area is 112 Å². The van der Waals surface area contributed by atoms with Crippen molar-refractivity contribution in [3.05, 3.63) is 34.7 Å². The SMILES string of the molecule is Cc1nc(CCn2c(C)cc3c2CCCC3N)no1. The minimum Gasteiger partial charge on any atom is -0.348 e. The largest absolute Gasteiger partial charge is 0.348 e. The zero-order valence-corrected chi connectivity index (χ0v) is 11.5. The van der Waals surface area contributed by atoms with Gasteiger partial charge in [0.2, 0.25) is 5.89 Å². The number of rotatable bonds is 3. The molecule has 2 aromatic rings. The number of fused-ring (bicyclic) bond motifs is 1. The molecule has 0 saturated carbocycles. The van der Waals surface area contributed by atoms with Crippen LogP contribution in [0.4, 0.5) is 0 Å². The molecule has 3 rings (SSSR count). The molecule has 102 valence electrons. The highest BCUT2D eigenvalue weighted by Crippen LogP contribution is 2.30. The highest BCUT2D eigenvalue weighted by molar-refractivity contribution is 5.32. The lowest BCUT2D eigenvalue weighted by molar-refractivity contribution is 0.386. The highest BCUT2D eigenvalue weighted by atomic mass is 16.5. The molecule has 0 amide bonds. The Kier molecular flexibility index (Phi) is 3.14. The molecular weight excluding hydrogens is 240 g/mol. The van der Waals surface area contributed by atoms with E-state index in [9.17, 15) is 0 Å². The number of aromatic nitrogens is 3. The molecule has 19 heavy (non-hydrogen) atoms. The van der Waals surface area contributed by atoms with Crippen molar-refractivity contribution in [1.82, 2.24) is 14.7 Å². The van der Waals surface area contributed by atoms with E-state index >= 15 is 0 Å². The fraction of sp³-hybridized carbons (Fsp3) is 0.571. The number of hydrogen-bond donors (Lipinski definition) is 1. The third-order valence-electron chi connectivity index (χ3n) is 3.91. The molecule has 0 saturated heterocycles. The molecule has 1 aliphatic carbocycles. The Hall–Kier alpha value is -1.62. The summed E-state index contributed by atoms with van der Waals surface area (Å²) in [4.78, 5) is 4.25. The summed E-state index contributed by atoms with van der Waals surface area (Å²) in [6, 6.07) is 2.44. The van der Waals surface area contributed by atoms with Gasteiger partial charge in [0.05, 0.1) is 0 Å². The summed E-state index contributed by atoms with van der Waals surface area (Å²) in [5.74, 6) is 1.41. The van der Waals surface area contributed by atoms with Gasteiger partial charge in [0.25, 0.3) is 0 Å². The molecule has 0 spiro atoms. The van der Waals surface area contributed by atoms with Gasteiger partial charge in [0.1, 0.15) is 0 Å². The maximum Gasteiger partial charge on any atom is 0.223 e. The zero-order chi connectivity index (χ0) is 13.4. The average Bonchev–Trinajstić information content (AvgIpc) is 2.92. The normalized spacial score (nSPS) is 18.6. The van der Waals surface area contributed by atoms with Crippen molar-refractivity contribution in [2.24, 2.45) is 5.73 Å². The van der Waals surface area contributed by atoms with E-state index in [4.69, 9.17) is 10.3 Å². The highest BCUT2D eigenvalue weighted by Gasteiger charge is 2.22. The first kappa shape index (κ1) is 12.4. The molecular formula is C14H20N4O. The van der Waals surface area contributed by atoms with Crippen molar-refractivity contribution in [1.29, 1.82) is 0 Å². The first-order chi connectivity index (χ1) is 9.15. The lowest BCUT2D eigenvalue weighted by Gasteiger charge is -2.21. The van der Waals surface area contributed by atoms with E-state index in [-0.39, 0.29) is 6.04 Å². The predicted octanol–water partition coefficient (Wildman–Crippen LogP) is 2.07. The topological polar surface area (TPSA) is 69.9 Å². The second-order valence-electron chi connectivity index (χ2n) is 5.32. The van der Waals surface area contributed by atoms with Crippen LogP contribution >= 0.6 is 0 Å². The molecule has 0 aliphatic heterocycles. The predicted molar refractivity (Wildman–Crippen MR) is 71.8 cm³/mol. The molecule has 5 nitrogen and oxygen atoms in total. The van der Waals surface area contributed by atoms with Crippen LogP contribution < -0.4 is 5.73 Å². The van der Waals surface area contributed by atoms with Crippen LogP contribution in [0.3, 0.4) is 0 Å². The molecule has 0 radical (unpaired) electrons. The van der Waals surface area contributed by atoms with Gasteiger partial charge in [0.15, 0.2) is 5.82 Å². The third-order valence-corrected chi connectivity index (χ3v) is 3.91. The number of hydrogen-bond acceptors (Lipinski definition) is 4. The van der Waals surface area contributed by atoms with Crippen LogP contribution in [-0.2, 0) is 19.4 Å².